The number of rotatable bonds is 5. The predicted octanol–water partition coefficient (Wildman–Crippen LogP) is 1.17. The van der Waals surface area contributed by atoms with Gasteiger partial charge in [0.15, 0.2) is 6.10 Å². The standard InChI is InChI=1S/C10H11F4NO3S/c11-8-3-1-7(2-4-8)6-19(17,18)15-5-9(16)10(12,13)14/h1-4,9,15-16H,5-6H2. The zero-order valence-corrected chi connectivity index (χ0v) is 10.3. The summed E-state index contributed by atoms with van der Waals surface area (Å²) in [7, 11) is -4.04. The Morgan fingerprint density at radius 2 is 1.74 bits per heavy atom. The van der Waals surface area contributed by atoms with E-state index in [1.165, 1.54) is 12.1 Å². The van der Waals surface area contributed by atoms with Gasteiger partial charge < -0.3 is 5.11 Å². The summed E-state index contributed by atoms with van der Waals surface area (Å²) in [5.41, 5.74) is 0.218. The molecule has 19 heavy (non-hydrogen) atoms. The maximum Gasteiger partial charge on any atom is 0.415 e. The molecule has 0 aromatic heterocycles. The van der Waals surface area contributed by atoms with Gasteiger partial charge >= 0.3 is 6.18 Å². The molecule has 108 valence electrons. The fraction of sp³-hybridized carbons (Fsp3) is 0.400. The van der Waals surface area contributed by atoms with Gasteiger partial charge in [-0.25, -0.2) is 17.5 Å². The highest BCUT2D eigenvalue weighted by molar-refractivity contribution is 7.88. The van der Waals surface area contributed by atoms with Crippen molar-refractivity contribution in [3.8, 4) is 0 Å². The number of aliphatic hydroxyl groups is 1. The van der Waals surface area contributed by atoms with Crippen LogP contribution in [-0.2, 0) is 15.8 Å². The SMILES string of the molecule is O=S(=O)(Cc1ccc(F)cc1)NCC(O)C(F)(F)F. The smallest absolute Gasteiger partial charge is 0.382 e. The number of nitrogens with one attached hydrogen (secondary N) is 1. The fourth-order valence-corrected chi connectivity index (χ4v) is 2.32. The number of hydrogen-bond acceptors (Lipinski definition) is 3. The van der Waals surface area contributed by atoms with Crippen LogP contribution in [0.5, 0.6) is 0 Å². The minimum atomic E-state index is -4.89. The van der Waals surface area contributed by atoms with Crippen LogP contribution in [-0.4, -0.2) is 32.3 Å². The van der Waals surface area contributed by atoms with E-state index < -0.39 is 40.4 Å². The first-order valence-corrected chi connectivity index (χ1v) is 6.72. The highest BCUT2D eigenvalue weighted by Crippen LogP contribution is 2.19. The Bertz CT molecular complexity index is 513. The van der Waals surface area contributed by atoms with Crippen LogP contribution in [0.15, 0.2) is 24.3 Å². The zero-order valence-electron chi connectivity index (χ0n) is 9.48. The van der Waals surface area contributed by atoms with E-state index in [2.05, 4.69) is 0 Å². The molecule has 0 saturated carbocycles. The third-order valence-corrected chi connectivity index (χ3v) is 3.46. The van der Waals surface area contributed by atoms with E-state index in [4.69, 9.17) is 5.11 Å². The second kappa shape index (κ2) is 5.85. The number of benzene rings is 1. The molecule has 0 heterocycles. The van der Waals surface area contributed by atoms with Crippen molar-refractivity contribution in [1.82, 2.24) is 4.72 Å². The molecule has 1 atom stereocenters. The summed E-state index contributed by atoms with van der Waals surface area (Å²) in [4.78, 5) is 0. The van der Waals surface area contributed by atoms with E-state index >= 15 is 0 Å². The Morgan fingerprint density at radius 1 is 1.21 bits per heavy atom. The topological polar surface area (TPSA) is 66.4 Å². The van der Waals surface area contributed by atoms with Crippen LogP contribution in [0.2, 0.25) is 0 Å². The van der Waals surface area contributed by atoms with Crippen molar-refractivity contribution in [2.24, 2.45) is 0 Å². The molecular weight excluding hydrogens is 290 g/mol. The maximum atomic E-state index is 12.6. The lowest BCUT2D eigenvalue weighted by atomic mass is 10.2. The van der Waals surface area contributed by atoms with E-state index in [1.54, 1.807) is 4.72 Å². The highest BCUT2D eigenvalue weighted by Gasteiger charge is 2.38. The van der Waals surface area contributed by atoms with Crippen molar-refractivity contribution in [3.63, 3.8) is 0 Å². The summed E-state index contributed by atoms with van der Waals surface area (Å²) in [6, 6.07) is 4.48. The van der Waals surface area contributed by atoms with Crippen LogP contribution >= 0.6 is 0 Å². The summed E-state index contributed by atoms with van der Waals surface area (Å²) in [6.07, 6.45) is -7.66. The van der Waals surface area contributed by atoms with Gasteiger partial charge in [0.1, 0.15) is 5.82 Å². The summed E-state index contributed by atoms with van der Waals surface area (Å²) < 4.78 is 73.0. The lowest BCUT2D eigenvalue weighted by Gasteiger charge is -2.15. The molecule has 0 aliphatic rings. The lowest BCUT2D eigenvalue weighted by Crippen LogP contribution is -2.41. The Kier molecular flexibility index (Phi) is 4.88. The molecule has 1 unspecified atom stereocenters. The molecule has 0 saturated heterocycles. The van der Waals surface area contributed by atoms with Crippen molar-refractivity contribution < 1.29 is 31.1 Å². The van der Waals surface area contributed by atoms with Crippen molar-refractivity contribution in [3.05, 3.63) is 35.6 Å². The molecule has 0 fully saturated rings. The summed E-state index contributed by atoms with van der Waals surface area (Å²) in [5.74, 6) is -1.15. The van der Waals surface area contributed by atoms with Gasteiger partial charge in [0, 0.05) is 6.54 Å². The quantitative estimate of drug-likeness (QED) is 0.802. The lowest BCUT2D eigenvalue weighted by molar-refractivity contribution is -0.200. The normalized spacial score (nSPS) is 14.4. The Labute approximate surface area is 107 Å². The van der Waals surface area contributed by atoms with Crippen LogP contribution in [0, 0.1) is 5.82 Å². The molecule has 0 spiro atoms. The molecule has 1 aromatic rings. The van der Waals surface area contributed by atoms with E-state index in [1.807, 2.05) is 0 Å². The molecule has 0 amide bonds. The molecule has 0 aliphatic heterocycles. The van der Waals surface area contributed by atoms with Gasteiger partial charge in [-0.2, -0.15) is 13.2 Å². The van der Waals surface area contributed by atoms with Crippen molar-refractivity contribution in [2.75, 3.05) is 6.54 Å². The van der Waals surface area contributed by atoms with Crippen LogP contribution < -0.4 is 4.72 Å². The Morgan fingerprint density at radius 3 is 2.21 bits per heavy atom. The summed E-state index contributed by atoms with van der Waals surface area (Å²) in [5, 5.41) is 8.65. The van der Waals surface area contributed by atoms with E-state index in [9.17, 15) is 26.0 Å². The first kappa shape index (κ1) is 15.9. The maximum absolute atomic E-state index is 12.6. The first-order chi connectivity index (χ1) is 8.60. The molecule has 2 N–H and O–H groups in total. The molecule has 4 nitrogen and oxygen atoms in total. The second-order valence-corrected chi connectivity index (χ2v) is 5.60. The minimum Gasteiger partial charge on any atom is -0.382 e. The van der Waals surface area contributed by atoms with Gasteiger partial charge in [0.05, 0.1) is 5.75 Å². The fourth-order valence-electron chi connectivity index (χ4n) is 1.17. The number of hydrogen-bond donors (Lipinski definition) is 2. The zero-order chi connectivity index (χ0) is 14.7. The molecule has 0 radical (unpaired) electrons. The molecule has 0 bridgehead atoms. The number of halogens is 4. The molecule has 9 heteroatoms. The van der Waals surface area contributed by atoms with Crippen LogP contribution in [0.3, 0.4) is 0 Å². The van der Waals surface area contributed by atoms with Gasteiger partial charge in [-0.15, -0.1) is 0 Å². The first-order valence-electron chi connectivity index (χ1n) is 5.07. The van der Waals surface area contributed by atoms with Gasteiger partial charge in [-0.1, -0.05) is 12.1 Å². The van der Waals surface area contributed by atoms with E-state index in [0.29, 0.717) is 0 Å². The number of sulfonamides is 1. The summed E-state index contributed by atoms with van der Waals surface area (Å²) >= 11 is 0. The van der Waals surface area contributed by atoms with Crippen molar-refractivity contribution in [1.29, 1.82) is 0 Å². The predicted molar refractivity (Wildman–Crippen MR) is 59.1 cm³/mol. The molecular formula is C10H11F4NO3S. The second-order valence-electron chi connectivity index (χ2n) is 3.79. The Hall–Kier alpha value is -1.19. The van der Waals surface area contributed by atoms with Gasteiger partial charge in [-0.3, -0.25) is 0 Å². The number of alkyl halides is 3. The average Bonchev–Trinajstić information content (AvgIpc) is 2.27. The van der Waals surface area contributed by atoms with Crippen molar-refractivity contribution >= 4 is 10.0 Å². The highest BCUT2D eigenvalue weighted by atomic mass is 32.2. The average molecular weight is 301 g/mol. The molecule has 1 aromatic carbocycles. The monoisotopic (exact) mass is 301 g/mol. The van der Waals surface area contributed by atoms with Crippen LogP contribution in [0.4, 0.5) is 17.6 Å². The largest absolute Gasteiger partial charge is 0.415 e. The van der Waals surface area contributed by atoms with Gasteiger partial charge in [-0.05, 0) is 17.7 Å². The van der Waals surface area contributed by atoms with E-state index in [-0.39, 0.29) is 5.56 Å². The molecule has 1 rings (SSSR count). The minimum absolute atomic E-state index is 0.218. The Balaban J connectivity index is 2.60. The summed E-state index contributed by atoms with van der Waals surface area (Å²) in [6.45, 7) is -1.16. The van der Waals surface area contributed by atoms with Crippen LogP contribution in [0.25, 0.3) is 0 Å². The third-order valence-electron chi connectivity index (χ3n) is 2.14. The third kappa shape index (κ3) is 5.53. The van der Waals surface area contributed by atoms with E-state index in [0.717, 1.165) is 12.1 Å². The van der Waals surface area contributed by atoms with Crippen molar-refractivity contribution in [2.45, 2.75) is 18.0 Å². The molecule has 0 aliphatic carbocycles. The number of aliphatic hydroxyl groups excluding tert-OH is 1. The van der Waals surface area contributed by atoms with Crippen LogP contribution in [0.1, 0.15) is 5.56 Å². The van der Waals surface area contributed by atoms with Gasteiger partial charge in [0.2, 0.25) is 10.0 Å². The van der Waals surface area contributed by atoms with Gasteiger partial charge in [0.25, 0.3) is 0 Å².